The number of quaternary nitrogens is 1. The fraction of sp³-hybridized carbons (Fsp3) is 0.500. The van der Waals surface area contributed by atoms with Crippen LogP contribution in [0.4, 0.5) is 30.5 Å². The van der Waals surface area contributed by atoms with Crippen LogP contribution >= 0.6 is 0 Å². The standard InChI is InChI=1S/C56H67F3N12O7/c1-35(2)51(66-48(72)12-7-6-8-21-69-49(73)17-18-50(69)74)53(76)63-37(4)52(75)64-41-15-13-38(14-16-41)30-71(22-9-11-36(3)29-71)31-39-23-42-43(44(24-39)56(57,58)59)28-70(54(42)77)46-26-40(25-45(65-46)61-20-10-19-60)55(32-78-33-55)27-47-67-62-34-68(47)5/h13-18,23-26,34-37,51H,6-12,20-22,27-33H2,1-5H3,(H3-,61,63,64,65,66,72,75,76)/p+1/t36-,37-,51-,71?/m0/s1. The summed E-state index contributed by atoms with van der Waals surface area (Å²) in [6.07, 6.45) is 3.50. The number of nitriles is 1. The van der Waals surface area contributed by atoms with E-state index < -0.39 is 47.0 Å². The molecule has 2 aromatic heterocycles. The Balaban J connectivity index is 0.931. The molecule has 19 nitrogen and oxygen atoms in total. The van der Waals surface area contributed by atoms with Crippen molar-refractivity contribution >= 4 is 52.8 Å². The third-order valence-electron chi connectivity index (χ3n) is 15.2. The van der Waals surface area contributed by atoms with Crippen molar-refractivity contribution in [2.24, 2.45) is 18.9 Å². The number of aromatic nitrogens is 4. The van der Waals surface area contributed by atoms with Crippen LogP contribution in [-0.2, 0) is 73.4 Å². The topological polar surface area (TPSA) is 234 Å². The second-order valence-electron chi connectivity index (χ2n) is 21.8. The molecule has 6 amide bonds. The Morgan fingerprint density at radius 1 is 0.949 bits per heavy atom. The smallest absolute Gasteiger partial charge is 0.379 e. The molecule has 0 radical (unpaired) electrons. The first-order chi connectivity index (χ1) is 37.2. The number of hydrogen-bond donors (Lipinski definition) is 4. The molecule has 6 heterocycles. The summed E-state index contributed by atoms with van der Waals surface area (Å²) < 4.78 is 53.7. The van der Waals surface area contributed by atoms with Crippen LogP contribution < -0.4 is 26.2 Å². The quantitative estimate of drug-likeness (QED) is 0.0367. The van der Waals surface area contributed by atoms with Crippen molar-refractivity contribution in [3.63, 3.8) is 0 Å². The number of nitrogens with zero attached hydrogens (tertiary/aromatic N) is 8. The highest BCUT2D eigenvalue weighted by Gasteiger charge is 2.45. The highest BCUT2D eigenvalue weighted by atomic mass is 19.4. The van der Waals surface area contributed by atoms with E-state index in [1.165, 1.54) is 23.1 Å². The highest BCUT2D eigenvalue weighted by Crippen LogP contribution is 2.43. The molecule has 8 rings (SSSR count). The van der Waals surface area contributed by atoms with Gasteiger partial charge in [-0.1, -0.05) is 39.3 Å². The molecule has 4 aliphatic rings. The van der Waals surface area contributed by atoms with Crippen molar-refractivity contribution in [1.82, 2.24) is 35.3 Å². The number of benzene rings is 2. The molecule has 2 fully saturated rings. The van der Waals surface area contributed by atoms with Gasteiger partial charge < -0.3 is 35.1 Å². The molecule has 4 N–H and O–H groups in total. The molecule has 22 heteroatoms. The molecule has 2 saturated heterocycles. The minimum atomic E-state index is -4.77. The maximum Gasteiger partial charge on any atom is 0.416 e. The lowest BCUT2D eigenvalue weighted by atomic mass is 9.75. The number of aryl methyl sites for hydroxylation is 1. The van der Waals surface area contributed by atoms with Gasteiger partial charge in [0.1, 0.15) is 49.0 Å². The first kappa shape index (κ1) is 56.7. The zero-order valence-electron chi connectivity index (χ0n) is 44.8. The number of carbonyl (C=O) groups excluding carboxylic acids is 6. The lowest BCUT2D eigenvalue weighted by Crippen LogP contribution is -2.53. The molecule has 4 aromatic rings. The number of carbonyl (C=O) groups is 6. The number of likely N-dealkylation sites (tertiary alicyclic amines) is 1. The van der Waals surface area contributed by atoms with Gasteiger partial charge in [-0.3, -0.25) is 38.6 Å². The van der Waals surface area contributed by atoms with Gasteiger partial charge in [0.15, 0.2) is 0 Å². The second kappa shape index (κ2) is 24.0. The Morgan fingerprint density at radius 3 is 2.32 bits per heavy atom. The zero-order valence-corrected chi connectivity index (χ0v) is 44.8. The summed E-state index contributed by atoms with van der Waals surface area (Å²) in [5, 5.41) is 29.0. The van der Waals surface area contributed by atoms with Crippen LogP contribution in [0.1, 0.15) is 117 Å². The Hall–Kier alpha value is -7.51. The number of unbranched alkanes of at least 4 members (excludes halogenated alkanes) is 2. The highest BCUT2D eigenvalue weighted by molar-refractivity contribution is 6.13. The summed E-state index contributed by atoms with van der Waals surface area (Å²) >= 11 is 0. The first-order valence-electron chi connectivity index (χ1n) is 26.6. The van der Waals surface area contributed by atoms with E-state index in [0.717, 1.165) is 28.9 Å². The molecule has 4 atom stereocenters. The van der Waals surface area contributed by atoms with Crippen molar-refractivity contribution < 1.29 is 51.2 Å². The number of amides is 6. The fourth-order valence-corrected chi connectivity index (χ4v) is 11.0. The SMILES string of the molecule is CC(C)[C@H](NC(=O)CCCCCN1C(=O)C=CC1=O)C(=O)N[C@@H](C)C(=O)Nc1ccc(C[N+]2(Cc3cc4c(c(C(F)(F)F)c3)CN(c3cc(C5(Cc6nncn6C)COC5)cc(NCCC#N)n3)C4=O)CCC[C@H](C)C2)cc1. The molecule has 4 aliphatic heterocycles. The van der Waals surface area contributed by atoms with Crippen LogP contribution in [-0.4, -0.2) is 116 Å². The predicted octanol–water partition coefficient (Wildman–Crippen LogP) is 6.24. The van der Waals surface area contributed by atoms with E-state index in [1.807, 2.05) is 29.8 Å². The molecule has 0 aliphatic carbocycles. The van der Waals surface area contributed by atoms with Gasteiger partial charge in [0, 0.05) is 78.8 Å². The number of hydrogen-bond acceptors (Lipinski definition) is 12. The maximum atomic E-state index is 15.3. The maximum absolute atomic E-state index is 15.3. The Morgan fingerprint density at radius 2 is 1.68 bits per heavy atom. The number of halogens is 3. The van der Waals surface area contributed by atoms with Gasteiger partial charge in [0.2, 0.25) is 17.7 Å². The van der Waals surface area contributed by atoms with Gasteiger partial charge in [-0.05, 0) is 86.1 Å². The molecule has 1 unspecified atom stereocenters. The van der Waals surface area contributed by atoms with Crippen LogP contribution in [0.2, 0.25) is 0 Å². The second-order valence-corrected chi connectivity index (χ2v) is 21.8. The fourth-order valence-electron chi connectivity index (χ4n) is 11.0. The lowest BCUT2D eigenvalue weighted by molar-refractivity contribution is -0.960. The van der Waals surface area contributed by atoms with Crippen LogP contribution in [0.25, 0.3) is 0 Å². The van der Waals surface area contributed by atoms with Crippen LogP contribution in [0.5, 0.6) is 0 Å². The Kier molecular flexibility index (Phi) is 17.5. The van der Waals surface area contributed by atoms with Gasteiger partial charge in [0.25, 0.3) is 17.7 Å². The minimum Gasteiger partial charge on any atom is -0.379 e. The van der Waals surface area contributed by atoms with Gasteiger partial charge in [-0.25, -0.2) is 4.98 Å². The molecule has 414 valence electrons. The van der Waals surface area contributed by atoms with E-state index in [9.17, 15) is 34.0 Å². The minimum absolute atomic E-state index is 0.0281. The number of imide groups is 1. The molecule has 78 heavy (non-hydrogen) atoms. The summed E-state index contributed by atoms with van der Waals surface area (Å²) in [5.41, 5.74) is 0.919. The summed E-state index contributed by atoms with van der Waals surface area (Å²) in [6, 6.07) is 13.8. The van der Waals surface area contributed by atoms with Crippen LogP contribution in [0.15, 0.2) is 67.0 Å². The zero-order chi connectivity index (χ0) is 55.9. The van der Waals surface area contributed by atoms with E-state index >= 15 is 13.2 Å². The number of nitrogens with one attached hydrogen (secondary N) is 4. The Labute approximate surface area is 451 Å². The van der Waals surface area contributed by atoms with Gasteiger partial charge >= 0.3 is 6.18 Å². The summed E-state index contributed by atoms with van der Waals surface area (Å²) in [4.78, 5) is 84.9. The van der Waals surface area contributed by atoms with E-state index in [1.54, 1.807) is 51.4 Å². The third kappa shape index (κ3) is 13.2. The van der Waals surface area contributed by atoms with Crippen LogP contribution in [0, 0.1) is 23.2 Å². The van der Waals surface area contributed by atoms with Crippen molar-refractivity contribution in [1.29, 1.82) is 5.26 Å². The number of pyridine rings is 1. The molecule has 2 aromatic carbocycles. The number of anilines is 3. The molecular formula is C56H68F3N12O7+. The van der Waals surface area contributed by atoms with Gasteiger partial charge in [-0.2, -0.15) is 18.4 Å². The lowest BCUT2D eigenvalue weighted by Gasteiger charge is -2.44. The number of rotatable bonds is 23. The summed E-state index contributed by atoms with van der Waals surface area (Å²) in [6.45, 7) is 10.2. The van der Waals surface area contributed by atoms with Crippen molar-refractivity contribution in [2.75, 3.05) is 54.9 Å². The monoisotopic (exact) mass is 1080 g/mol. The largest absolute Gasteiger partial charge is 0.416 e. The molecule has 0 bridgehead atoms. The van der Waals surface area contributed by atoms with Crippen molar-refractivity contribution in [3.8, 4) is 6.07 Å². The van der Waals surface area contributed by atoms with Crippen molar-refractivity contribution in [3.05, 3.63) is 106 Å². The van der Waals surface area contributed by atoms with E-state index in [4.69, 9.17) is 9.72 Å². The summed E-state index contributed by atoms with van der Waals surface area (Å²) in [5.74, 6) is -1.41. The van der Waals surface area contributed by atoms with E-state index in [-0.39, 0.29) is 85.5 Å². The van der Waals surface area contributed by atoms with Gasteiger partial charge in [0.05, 0.1) is 50.9 Å². The number of fused-ring (bicyclic) bond motifs is 1. The molecule has 0 saturated carbocycles. The first-order valence-corrected chi connectivity index (χ1v) is 26.6. The molecular weight excluding hydrogens is 1010 g/mol. The average molecular weight is 1080 g/mol. The predicted molar refractivity (Wildman–Crippen MR) is 282 cm³/mol. The Bertz CT molecular complexity index is 2970. The number of piperidine rings is 1. The van der Waals surface area contributed by atoms with Crippen molar-refractivity contribution in [2.45, 2.75) is 122 Å². The van der Waals surface area contributed by atoms with Crippen LogP contribution in [0.3, 0.4) is 0 Å². The third-order valence-corrected chi connectivity index (χ3v) is 15.2. The normalized spacial score (nSPS) is 19.5. The number of alkyl halides is 3. The summed E-state index contributed by atoms with van der Waals surface area (Å²) in [7, 11) is 1.84. The molecule has 0 spiro atoms. The van der Waals surface area contributed by atoms with E-state index in [2.05, 4.69) is 44.5 Å². The van der Waals surface area contributed by atoms with E-state index in [0.29, 0.717) is 85.9 Å². The number of ether oxygens (including phenoxy) is 1. The van der Waals surface area contributed by atoms with Gasteiger partial charge in [-0.15, -0.1) is 10.2 Å². The average Bonchev–Trinajstić information content (AvgIpc) is 4.15.